The molecule has 2 N–H and O–H groups in total. The third kappa shape index (κ3) is 4.06. The maximum atomic E-state index is 12.4. The van der Waals surface area contributed by atoms with Crippen LogP contribution in [0.3, 0.4) is 0 Å². The minimum atomic E-state index is -3.55. The van der Waals surface area contributed by atoms with Crippen molar-refractivity contribution in [1.82, 2.24) is 5.32 Å². The summed E-state index contributed by atoms with van der Waals surface area (Å²) in [5, 5.41) is 3.29. The Morgan fingerprint density at radius 2 is 1.95 bits per heavy atom. The van der Waals surface area contributed by atoms with Crippen molar-refractivity contribution in [2.75, 3.05) is 11.3 Å². The lowest BCUT2D eigenvalue weighted by molar-refractivity contribution is 0.596. The number of anilines is 1. The zero-order valence-corrected chi connectivity index (χ0v) is 15.0. The van der Waals surface area contributed by atoms with Gasteiger partial charge in [0.15, 0.2) is 0 Å². The van der Waals surface area contributed by atoms with Crippen molar-refractivity contribution < 1.29 is 8.42 Å². The lowest BCUT2D eigenvalue weighted by atomic mass is 10.1. The molecule has 0 amide bonds. The largest absolute Gasteiger partial charge is 0.310 e. The Morgan fingerprint density at radius 3 is 2.57 bits per heavy atom. The van der Waals surface area contributed by atoms with Gasteiger partial charge in [-0.1, -0.05) is 25.1 Å². The SMILES string of the molecule is CCNC(C)c1ccccc1NS(=O)(=O)c1ccc(Br)s1. The van der Waals surface area contributed by atoms with Gasteiger partial charge in [-0.2, -0.15) is 0 Å². The fourth-order valence-electron chi connectivity index (χ4n) is 2.02. The molecular formula is C14H17BrN2O2S2. The number of sulfonamides is 1. The molecule has 1 aromatic heterocycles. The second-order valence-corrected chi connectivity index (χ2v) is 8.90. The molecule has 4 nitrogen and oxygen atoms in total. The third-order valence-corrected chi connectivity index (χ3v) is 6.48. The first-order valence-electron chi connectivity index (χ1n) is 6.54. The predicted octanol–water partition coefficient (Wildman–Crippen LogP) is 3.98. The van der Waals surface area contributed by atoms with Crippen molar-refractivity contribution in [2.45, 2.75) is 24.1 Å². The van der Waals surface area contributed by atoms with Crippen LogP contribution in [0, 0.1) is 0 Å². The number of thiophene rings is 1. The molecule has 7 heteroatoms. The fraction of sp³-hybridized carbons (Fsp3) is 0.286. The molecule has 0 aliphatic carbocycles. The van der Waals surface area contributed by atoms with E-state index < -0.39 is 10.0 Å². The van der Waals surface area contributed by atoms with Crippen LogP contribution in [0.4, 0.5) is 5.69 Å². The maximum Gasteiger partial charge on any atom is 0.271 e. The van der Waals surface area contributed by atoms with Gasteiger partial charge in [0.1, 0.15) is 4.21 Å². The zero-order valence-electron chi connectivity index (χ0n) is 11.8. The standard InChI is InChI=1S/C14H17BrN2O2S2/c1-3-16-10(2)11-6-4-5-7-12(11)17-21(18,19)14-9-8-13(15)20-14/h4-10,16-17H,3H2,1-2H3. The van der Waals surface area contributed by atoms with Crippen molar-refractivity contribution in [3.8, 4) is 0 Å². The molecule has 2 rings (SSSR count). The number of rotatable bonds is 6. The Bertz CT molecular complexity index is 713. The van der Waals surface area contributed by atoms with Gasteiger partial charge in [-0.3, -0.25) is 4.72 Å². The number of hydrogen-bond acceptors (Lipinski definition) is 4. The Balaban J connectivity index is 2.31. The number of halogens is 1. The molecule has 0 aliphatic rings. The topological polar surface area (TPSA) is 58.2 Å². The first-order valence-corrected chi connectivity index (χ1v) is 9.63. The van der Waals surface area contributed by atoms with Crippen LogP contribution in [-0.2, 0) is 10.0 Å². The minimum Gasteiger partial charge on any atom is -0.310 e. The molecule has 0 saturated heterocycles. The highest BCUT2D eigenvalue weighted by Gasteiger charge is 2.19. The van der Waals surface area contributed by atoms with E-state index in [9.17, 15) is 8.42 Å². The van der Waals surface area contributed by atoms with Crippen molar-refractivity contribution in [2.24, 2.45) is 0 Å². The monoisotopic (exact) mass is 388 g/mol. The van der Waals surface area contributed by atoms with Gasteiger partial charge < -0.3 is 5.32 Å². The second kappa shape index (κ2) is 6.91. The summed E-state index contributed by atoms with van der Waals surface area (Å²) in [5.41, 5.74) is 1.54. The summed E-state index contributed by atoms with van der Waals surface area (Å²) in [6.07, 6.45) is 0. The van der Waals surface area contributed by atoms with E-state index in [4.69, 9.17) is 0 Å². The summed E-state index contributed by atoms with van der Waals surface area (Å²) in [5.74, 6) is 0. The molecule has 1 aromatic carbocycles. The zero-order chi connectivity index (χ0) is 15.5. The Morgan fingerprint density at radius 1 is 1.24 bits per heavy atom. The van der Waals surface area contributed by atoms with Crippen LogP contribution in [0.15, 0.2) is 44.4 Å². The summed E-state index contributed by atoms with van der Waals surface area (Å²) in [6, 6.07) is 10.8. The highest BCUT2D eigenvalue weighted by molar-refractivity contribution is 9.11. The van der Waals surface area contributed by atoms with Crippen molar-refractivity contribution in [3.05, 3.63) is 45.7 Å². The molecule has 0 fully saturated rings. The molecule has 0 saturated carbocycles. The van der Waals surface area contributed by atoms with Gasteiger partial charge >= 0.3 is 0 Å². The maximum absolute atomic E-state index is 12.4. The molecule has 0 bridgehead atoms. The van der Waals surface area contributed by atoms with Crippen LogP contribution in [0.2, 0.25) is 0 Å². The molecule has 0 radical (unpaired) electrons. The Labute approximate surface area is 137 Å². The highest BCUT2D eigenvalue weighted by atomic mass is 79.9. The van der Waals surface area contributed by atoms with Crippen molar-refractivity contribution in [3.63, 3.8) is 0 Å². The van der Waals surface area contributed by atoms with E-state index in [0.29, 0.717) is 9.90 Å². The van der Waals surface area contributed by atoms with Gasteiger partial charge in [-0.15, -0.1) is 11.3 Å². The average Bonchev–Trinajstić information content (AvgIpc) is 2.87. The van der Waals surface area contributed by atoms with E-state index in [2.05, 4.69) is 26.0 Å². The Hall–Kier alpha value is -0.890. The molecule has 21 heavy (non-hydrogen) atoms. The number of benzene rings is 1. The lowest BCUT2D eigenvalue weighted by Gasteiger charge is -2.17. The summed E-state index contributed by atoms with van der Waals surface area (Å²) >= 11 is 4.47. The molecule has 1 atom stereocenters. The van der Waals surface area contributed by atoms with Crippen LogP contribution in [0.5, 0.6) is 0 Å². The first kappa shape index (κ1) is 16.5. The average molecular weight is 389 g/mol. The van der Waals surface area contributed by atoms with E-state index in [1.807, 2.05) is 32.0 Å². The number of para-hydroxylation sites is 1. The van der Waals surface area contributed by atoms with Gasteiger partial charge in [0.05, 0.1) is 9.47 Å². The Kier molecular flexibility index (Phi) is 5.43. The second-order valence-electron chi connectivity index (χ2n) is 4.53. The summed E-state index contributed by atoms with van der Waals surface area (Å²) in [6.45, 7) is 4.85. The number of hydrogen-bond donors (Lipinski definition) is 2. The van der Waals surface area contributed by atoms with E-state index in [1.165, 1.54) is 11.3 Å². The van der Waals surface area contributed by atoms with Gasteiger partial charge in [-0.25, -0.2) is 8.42 Å². The quantitative estimate of drug-likeness (QED) is 0.786. The summed E-state index contributed by atoms with van der Waals surface area (Å²) in [7, 11) is -3.55. The van der Waals surface area contributed by atoms with Gasteiger partial charge in [0.25, 0.3) is 10.0 Å². The first-order chi connectivity index (χ1) is 9.94. The van der Waals surface area contributed by atoms with Crippen molar-refractivity contribution >= 4 is 43.0 Å². The molecule has 0 aliphatic heterocycles. The lowest BCUT2D eigenvalue weighted by Crippen LogP contribution is -2.20. The molecule has 114 valence electrons. The molecular weight excluding hydrogens is 372 g/mol. The van der Waals surface area contributed by atoms with E-state index in [1.54, 1.807) is 18.2 Å². The molecule has 1 unspecified atom stereocenters. The van der Waals surface area contributed by atoms with Gasteiger partial charge in [0.2, 0.25) is 0 Å². The van der Waals surface area contributed by atoms with Crippen LogP contribution in [0.1, 0.15) is 25.5 Å². The third-order valence-electron chi connectivity index (χ3n) is 3.00. The predicted molar refractivity (Wildman–Crippen MR) is 91.4 cm³/mol. The number of nitrogens with one attached hydrogen (secondary N) is 2. The molecule has 0 spiro atoms. The molecule has 2 aromatic rings. The van der Waals surface area contributed by atoms with Crippen LogP contribution in [0.25, 0.3) is 0 Å². The summed E-state index contributed by atoms with van der Waals surface area (Å²) in [4.78, 5) is 0. The van der Waals surface area contributed by atoms with Crippen LogP contribution < -0.4 is 10.0 Å². The normalized spacial score (nSPS) is 13.1. The summed E-state index contributed by atoms with van der Waals surface area (Å²) < 4.78 is 28.6. The fourth-order valence-corrected chi connectivity index (χ4v) is 5.12. The minimum absolute atomic E-state index is 0.0731. The molecule has 1 heterocycles. The van der Waals surface area contributed by atoms with Crippen LogP contribution in [-0.4, -0.2) is 15.0 Å². The van der Waals surface area contributed by atoms with Crippen molar-refractivity contribution in [1.29, 1.82) is 0 Å². The van der Waals surface area contributed by atoms with E-state index >= 15 is 0 Å². The van der Waals surface area contributed by atoms with Crippen LogP contribution >= 0.6 is 27.3 Å². The smallest absolute Gasteiger partial charge is 0.271 e. The van der Waals surface area contributed by atoms with Gasteiger partial charge in [0, 0.05) is 6.04 Å². The van der Waals surface area contributed by atoms with E-state index in [0.717, 1.165) is 15.9 Å². The van der Waals surface area contributed by atoms with E-state index in [-0.39, 0.29) is 6.04 Å². The highest BCUT2D eigenvalue weighted by Crippen LogP contribution is 2.29. The van der Waals surface area contributed by atoms with Gasteiger partial charge in [-0.05, 0) is 53.2 Å².